The number of hydrogen-bond donors (Lipinski definition) is 0. The minimum absolute atomic E-state index is 0.0753. The van der Waals surface area contributed by atoms with E-state index in [0.717, 1.165) is 34.7 Å². The number of amides is 1. The SMILES string of the molecule is Cc1ccn2c(CN3CCN(C(=O)c4cccc(C(F)(F)F)c4)CC3)c(C)nc2c1. The molecule has 1 fully saturated rings. The first-order valence-electron chi connectivity index (χ1n) is 9.85. The maximum absolute atomic E-state index is 12.9. The smallest absolute Gasteiger partial charge is 0.336 e. The van der Waals surface area contributed by atoms with Crippen LogP contribution in [0, 0.1) is 13.8 Å². The van der Waals surface area contributed by atoms with Crippen LogP contribution in [0.25, 0.3) is 5.65 Å². The molecule has 1 amide bonds. The molecule has 0 unspecified atom stereocenters. The lowest BCUT2D eigenvalue weighted by Gasteiger charge is -2.34. The summed E-state index contributed by atoms with van der Waals surface area (Å²) in [5, 5.41) is 0. The van der Waals surface area contributed by atoms with Gasteiger partial charge in [-0.3, -0.25) is 9.69 Å². The highest BCUT2D eigenvalue weighted by molar-refractivity contribution is 5.94. The Bertz CT molecular complexity index is 1080. The molecule has 3 heterocycles. The van der Waals surface area contributed by atoms with Crippen molar-refractivity contribution in [2.45, 2.75) is 26.6 Å². The Labute approximate surface area is 172 Å². The molecule has 30 heavy (non-hydrogen) atoms. The zero-order valence-corrected chi connectivity index (χ0v) is 16.9. The zero-order chi connectivity index (χ0) is 21.5. The van der Waals surface area contributed by atoms with E-state index in [1.54, 1.807) is 4.90 Å². The number of nitrogens with zero attached hydrogens (tertiary/aromatic N) is 4. The fraction of sp³-hybridized carbons (Fsp3) is 0.364. The van der Waals surface area contributed by atoms with Crippen molar-refractivity contribution < 1.29 is 18.0 Å². The average Bonchev–Trinajstić information content (AvgIpc) is 3.01. The first-order chi connectivity index (χ1) is 14.2. The summed E-state index contributed by atoms with van der Waals surface area (Å²) in [4.78, 5) is 21.2. The Hall–Kier alpha value is -2.87. The van der Waals surface area contributed by atoms with Crippen LogP contribution in [0.4, 0.5) is 13.2 Å². The van der Waals surface area contributed by atoms with Crippen molar-refractivity contribution in [1.29, 1.82) is 0 Å². The number of carbonyl (C=O) groups is 1. The molecule has 4 rings (SSSR count). The molecule has 0 spiro atoms. The van der Waals surface area contributed by atoms with Gasteiger partial charge in [-0.2, -0.15) is 13.2 Å². The van der Waals surface area contributed by atoms with Crippen molar-refractivity contribution in [2.24, 2.45) is 0 Å². The predicted molar refractivity (Wildman–Crippen MR) is 107 cm³/mol. The largest absolute Gasteiger partial charge is 0.416 e. The van der Waals surface area contributed by atoms with E-state index < -0.39 is 11.7 Å². The van der Waals surface area contributed by atoms with Gasteiger partial charge in [0, 0.05) is 44.5 Å². The van der Waals surface area contributed by atoms with Crippen LogP contribution in [0.3, 0.4) is 0 Å². The highest BCUT2D eigenvalue weighted by atomic mass is 19.4. The van der Waals surface area contributed by atoms with Crippen LogP contribution in [-0.4, -0.2) is 51.3 Å². The van der Waals surface area contributed by atoms with Gasteiger partial charge < -0.3 is 9.30 Å². The van der Waals surface area contributed by atoms with Crippen molar-refractivity contribution in [3.8, 4) is 0 Å². The number of benzene rings is 1. The Balaban J connectivity index is 1.42. The van der Waals surface area contributed by atoms with Crippen molar-refractivity contribution in [3.05, 3.63) is 70.7 Å². The van der Waals surface area contributed by atoms with Gasteiger partial charge in [-0.15, -0.1) is 0 Å². The molecular formula is C22H23F3N4O. The molecule has 0 saturated carbocycles. The van der Waals surface area contributed by atoms with Gasteiger partial charge in [0.05, 0.1) is 17.0 Å². The highest BCUT2D eigenvalue weighted by Crippen LogP contribution is 2.30. The van der Waals surface area contributed by atoms with E-state index in [2.05, 4.69) is 14.3 Å². The first kappa shape index (κ1) is 20.4. The molecule has 1 saturated heterocycles. The Morgan fingerprint density at radius 2 is 1.80 bits per heavy atom. The summed E-state index contributed by atoms with van der Waals surface area (Å²) in [6.07, 6.45) is -2.44. The predicted octanol–water partition coefficient (Wildman–Crippen LogP) is 3.93. The number of pyridine rings is 1. The van der Waals surface area contributed by atoms with Crippen molar-refractivity contribution >= 4 is 11.6 Å². The Kier molecular flexibility index (Phi) is 5.27. The number of imidazole rings is 1. The second-order valence-electron chi connectivity index (χ2n) is 7.72. The summed E-state index contributed by atoms with van der Waals surface area (Å²) < 4.78 is 40.9. The number of hydrogen-bond acceptors (Lipinski definition) is 3. The third-order valence-electron chi connectivity index (χ3n) is 5.55. The molecule has 8 heteroatoms. The fourth-order valence-corrected chi connectivity index (χ4v) is 3.84. The van der Waals surface area contributed by atoms with E-state index in [0.29, 0.717) is 32.7 Å². The molecule has 0 N–H and O–H groups in total. The van der Waals surface area contributed by atoms with Gasteiger partial charge in [0.15, 0.2) is 0 Å². The molecule has 3 aromatic rings. The topological polar surface area (TPSA) is 40.9 Å². The number of alkyl halides is 3. The number of aryl methyl sites for hydroxylation is 2. The number of carbonyl (C=O) groups excluding carboxylic acids is 1. The molecule has 2 aromatic heterocycles. The third-order valence-corrected chi connectivity index (χ3v) is 5.55. The molecular weight excluding hydrogens is 393 g/mol. The van der Waals surface area contributed by atoms with Gasteiger partial charge >= 0.3 is 6.18 Å². The van der Waals surface area contributed by atoms with E-state index >= 15 is 0 Å². The Morgan fingerprint density at radius 1 is 1.07 bits per heavy atom. The van der Waals surface area contributed by atoms with Crippen molar-refractivity contribution in [2.75, 3.05) is 26.2 Å². The van der Waals surface area contributed by atoms with Crippen molar-refractivity contribution in [1.82, 2.24) is 19.2 Å². The molecule has 0 aliphatic carbocycles. The summed E-state index contributed by atoms with van der Waals surface area (Å²) >= 11 is 0. The summed E-state index contributed by atoms with van der Waals surface area (Å²) in [6, 6.07) is 8.72. The molecule has 1 aromatic carbocycles. The monoisotopic (exact) mass is 416 g/mol. The van der Waals surface area contributed by atoms with Crippen LogP contribution >= 0.6 is 0 Å². The lowest BCUT2D eigenvalue weighted by Crippen LogP contribution is -2.48. The minimum atomic E-state index is -4.46. The average molecular weight is 416 g/mol. The van der Waals surface area contributed by atoms with Gasteiger partial charge in [0.2, 0.25) is 0 Å². The van der Waals surface area contributed by atoms with E-state index in [9.17, 15) is 18.0 Å². The van der Waals surface area contributed by atoms with Gasteiger partial charge in [0.1, 0.15) is 5.65 Å². The molecule has 5 nitrogen and oxygen atoms in total. The maximum atomic E-state index is 12.9. The Morgan fingerprint density at radius 3 is 2.50 bits per heavy atom. The number of aromatic nitrogens is 2. The van der Waals surface area contributed by atoms with E-state index in [-0.39, 0.29) is 11.5 Å². The van der Waals surface area contributed by atoms with Crippen LogP contribution in [-0.2, 0) is 12.7 Å². The second-order valence-corrected chi connectivity index (χ2v) is 7.72. The van der Waals surface area contributed by atoms with Crippen LogP contribution in [0.5, 0.6) is 0 Å². The number of halogens is 3. The number of fused-ring (bicyclic) bond motifs is 1. The summed E-state index contributed by atoms with van der Waals surface area (Å²) in [6.45, 7) is 7.00. The molecule has 1 aliphatic heterocycles. The van der Waals surface area contributed by atoms with Crippen LogP contribution in [0.1, 0.15) is 32.9 Å². The maximum Gasteiger partial charge on any atom is 0.416 e. The van der Waals surface area contributed by atoms with Gasteiger partial charge in [-0.1, -0.05) is 6.07 Å². The zero-order valence-electron chi connectivity index (χ0n) is 16.9. The second kappa shape index (κ2) is 7.75. The third kappa shape index (κ3) is 4.05. The molecule has 0 bridgehead atoms. The number of piperazine rings is 1. The molecule has 0 atom stereocenters. The quantitative estimate of drug-likeness (QED) is 0.650. The van der Waals surface area contributed by atoms with E-state index in [4.69, 9.17) is 0 Å². The van der Waals surface area contributed by atoms with Gasteiger partial charge in [0.25, 0.3) is 5.91 Å². The summed E-state index contributed by atoms with van der Waals surface area (Å²) in [7, 11) is 0. The number of rotatable bonds is 3. The first-order valence-corrected chi connectivity index (χ1v) is 9.85. The van der Waals surface area contributed by atoms with Crippen molar-refractivity contribution in [3.63, 3.8) is 0 Å². The van der Waals surface area contributed by atoms with Crippen LogP contribution in [0.2, 0.25) is 0 Å². The molecule has 1 aliphatic rings. The van der Waals surface area contributed by atoms with Gasteiger partial charge in [-0.05, 0) is 49.7 Å². The highest BCUT2D eigenvalue weighted by Gasteiger charge is 2.31. The van der Waals surface area contributed by atoms with Crippen LogP contribution in [0.15, 0.2) is 42.6 Å². The van der Waals surface area contributed by atoms with Gasteiger partial charge in [-0.25, -0.2) is 4.98 Å². The van der Waals surface area contributed by atoms with E-state index in [1.165, 1.54) is 12.1 Å². The normalized spacial score (nSPS) is 15.7. The minimum Gasteiger partial charge on any atom is -0.336 e. The molecule has 0 radical (unpaired) electrons. The summed E-state index contributed by atoms with van der Waals surface area (Å²) in [5.41, 5.74) is 3.43. The lowest BCUT2D eigenvalue weighted by molar-refractivity contribution is -0.137. The summed E-state index contributed by atoms with van der Waals surface area (Å²) in [5.74, 6) is -0.359. The van der Waals surface area contributed by atoms with Crippen LogP contribution < -0.4 is 0 Å². The standard InChI is InChI=1S/C22H23F3N4O/c1-15-6-7-29-19(16(2)26-20(29)12-15)14-27-8-10-28(11-9-27)21(30)17-4-3-5-18(13-17)22(23,24)25/h3-7,12-13H,8-11,14H2,1-2H3. The molecule has 158 valence electrons. The lowest BCUT2D eigenvalue weighted by atomic mass is 10.1. The van der Waals surface area contributed by atoms with E-state index in [1.807, 2.05) is 32.2 Å². The fourth-order valence-electron chi connectivity index (χ4n) is 3.84.